The van der Waals surface area contributed by atoms with E-state index in [0.717, 1.165) is 11.0 Å². The Kier molecular flexibility index (Phi) is 5.32. The molecule has 0 spiro atoms. The zero-order valence-corrected chi connectivity index (χ0v) is 14.7. The molecular weight excluding hydrogens is 368 g/mol. The monoisotopic (exact) mass is 384 g/mol. The van der Waals surface area contributed by atoms with E-state index in [1.54, 1.807) is 24.3 Å². The molecule has 1 atom stereocenters. The number of rotatable bonds is 6. The summed E-state index contributed by atoms with van der Waals surface area (Å²) in [6.07, 6.45) is -0.201. The van der Waals surface area contributed by atoms with Gasteiger partial charge in [-0.3, -0.25) is 29.9 Å². The minimum Gasteiger partial charge on any atom is -0.496 e. The lowest BCUT2D eigenvalue weighted by atomic mass is 10.2. The van der Waals surface area contributed by atoms with Gasteiger partial charge in [-0.05, 0) is 18.2 Å². The number of nitro benzene ring substituents is 1. The third kappa shape index (κ3) is 3.67. The Morgan fingerprint density at radius 1 is 1.21 bits per heavy atom. The number of carbonyl (C=O) groups excluding carboxylic acids is 3. The van der Waals surface area contributed by atoms with Gasteiger partial charge in [0.2, 0.25) is 5.91 Å². The van der Waals surface area contributed by atoms with E-state index in [0.29, 0.717) is 5.75 Å². The van der Waals surface area contributed by atoms with Crippen LogP contribution in [0.5, 0.6) is 5.75 Å². The van der Waals surface area contributed by atoms with Crippen LogP contribution in [0.4, 0.5) is 11.4 Å². The van der Waals surface area contributed by atoms with Crippen LogP contribution >= 0.6 is 0 Å². The number of hydrogen-bond donors (Lipinski definition) is 2. The van der Waals surface area contributed by atoms with Gasteiger partial charge in [0.15, 0.2) is 0 Å². The molecule has 144 valence electrons. The summed E-state index contributed by atoms with van der Waals surface area (Å²) >= 11 is 0. The van der Waals surface area contributed by atoms with E-state index in [9.17, 15) is 24.5 Å². The van der Waals surface area contributed by atoms with E-state index in [1.807, 2.05) is 0 Å². The second kappa shape index (κ2) is 7.84. The fourth-order valence-corrected chi connectivity index (χ4v) is 2.81. The first-order valence-electron chi connectivity index (χ1n) is 8.22. The largest absolute Gasteiger partial charge is 0.496 e. The van der Waals surface area contributed by atoms with Crippen molar-refractivity contribution >= 4 is 29.1 Å². The van der Waals surface area contributed by atoms with Gasteiger partial charge in [0.05, 0.1) is 29.7 Å². The fourth-order valence-electron chi connectivity index (χ4n) is 2.81. The molecule has 10 heteroatoms. The molecule has 0 aromatic heterocycles. The number of amides is 3. The van der Waals surface area contributed by atoms with Crippen LogP contribution in [0.3, 0.4) is 0 Å². The fraction of sp³-hybridized carbons (Fsp3) is 0.167. The van der Waals surface area contributed by atoms with Crippen LogP contribution < -0.4 is 20.5 Å². The number of ether oxygens (including phenoxy) is 1. The molecule has 0 bridgehead atoms. The average molecular weight is 384 g/mol. The quantitative estimate of drug-likeness (QED) is 0.434. The zero-order valence-electron chi connectivity index (χ0n) is 14.7. The van der Waals surface area contributed by atoms with Crippen LogP contribution in [0.2, 0.25) is 0 Å². The third-order valence-corrected chi connectivity index (χ3v) is 4.16. The number of nitrogens with one attached hydrogen (secondary N) is 2. The Balaban J connectivity index is 1.71. The van der Waals surface area contributed by atoms with Crippen LogP contribution in [0.25, 0.3) is 0 Å². The van der Waals surface area contributed by atoms with Crippen LogP contribution in [0.15, 0.2) is 48.5 Å². The highest BCUT2D eigenvalue weighted by Gasteiger charge is 2.40. The molecular formula is C18H16N4O6. The third-order valence-electron chi connectivity index (χ3n) is 4.16. The topological polar surface area (TPSA) is 131 Å². The summed E-state index contributed by atoms with van der Waals surface area (Å²) in [7, 11) is 1.43. The number of nitro groups is 1. The maximum atomic E-state index is 12.6. The highest BCUT2D eigenvalue weighted by Crippen LogP contribution is 2.26. The molecule has 0 radical (unpaired) electrons. The van der Waals surface area contributed by atoms with E-state index in [1.165, 1.54) is 25.3 Å². The van der Waals surface area contributed by atoms with Crippen molar-refractivity contribution in [2.75, 3.05) is 12.0 Å². The maximum absolute atomic E-state index is 12.6. The van der Waals surface area contributed by atoms with Crippen molar-refractivity contribution in [2.24, 2.45) is 0 Å². The molecule has 3 rings (SSSR count). The van der Waals surface area contributed by atoms with Crippen molar-refractivity contribution in [1.29, 1.82) is 0 Å². The number of hydrazine groups is 1. The summed E-state index contributed by atoms with van der Waals surface area (Å²) < 4.78 is 5.11. The van der Waals surface area contributed by atoms with Crippen molar-refractivity contribution in [3.8, 4) is 5.75 Å². The van der Waals surface area contributed by atoms with E-state index in [2.05, 4.69) is 10.9 Å². The Morgan fingerprint density at radius 2 is 1.96 bits per heavy atom. The maximum Gasteiger partial charge on any atom is 0.271 e. The van der Waals surface area contributed by atoms with Crippen molar-refractivity contribution in [1.82, 2.24) is 10.9 Å². The first-order valence-corrected chi connectivity index (χ1v) is 8.22. The number of nitrogens with zero attached hydrogens (tertiary/aromatic N) is 2. The molecule has 1 aliphatic rings. The molecule has 0 aliphatic carbocycles. The molecule has 1 fully saturated rings. The predicted molar refractivity (Wildman–Crippen MR) is 97.6 cm³/mol. The van der Waals surface area contributed by atoms with Gasteiger partial charge in [0.1, 0.15) is 11.8 Å². The summed E-state index contributed by atoms with van der Waals surface area (Å²) in [6.45, 7) is 0. The molecule has 10 nitrogen and oxygen atoms in total. The predicted octanol–water partition coefficient (Wildman–Crippen LogP) is 1.17. The molecule has 2 N–H and O–H groups in total. The number of anilines is 1. The summed E-state index contributed by atoms with van der Waals surface area (Å²) in [6, 6.07) is 10.8. The van der Waals surface area contributed by atoms with Crippen LogP contribution in [0.1, 0.15) is 16.8 Å². The SMILES string of the molecule is COc1ccccc1C(=O)NN[C@H]1CC(=O)N(c2cccc([N+](=O)[O-])c2)C1=O. The lowest BCUT2D eigenvalue weighted by molar-refractivity contribution is -0.384. The molecule has 0 unspecified atom stereocenters. The highest BCUT2D eigenvalue weighted by atomic mass is 16.6. The Bertz CT molecular complexity index is 961. The number of para-hydroxylation sites is 1. The molecule has 1 saturated heterocycles. The van der Waals surface area contributed by atoms with Crippen molar-refractivity contribution in [3.63, 3.8) is 0 Å². The summed E-state index contributed by atoms with van der Waals surface area (Å²) in [5.41, 5.74) is 5.06. The standard InChI is InChI=1S/C18H16N4O6/c1-28-15-8-3-2-7-13(15)17(24)20-19-14-10-16(23)21(18(14)25)11-5-4-6-12(9-11)22(26)27/h2-9,14,19H,10H2,1H3,(H,20,24)/t14-/m0/s1. The Morgan fingerprint density at radius 3 is 2.68 bits per heavy atom. The van der Waals surface area contributed by atoms with E-state index < -0.39 is 28.7 Å². The van der Waals surface area contributed by atoms with Crippen molar-refractivity contribution in [3.05, 3.63) is 64.2 Å². The number of benzene rings is 2. The second-order valence-electron chi connectivity index (χ2n) is 5.90. The summed E-state index contributed by atoms with van der Waals surface area (Å²) in [4.78, 5) is 48.3. The van der Waals surface area contributed by atoms with Gasteiger partial charge in [-0.15, -0.1) is 0 Å². The summed E-state index contributed by atoms with van der Waals surface area (Å²) in [5.74, 6) is -1.33. The normalized spacial score (nSPS) is 16.2. The molecule has 3 amide bonds. The van der Waals surface area contributed by atoms with E-state index >= 15 is 0 Å². The second-order valence-corrected chi connectivity index (χ2v) is 5.90. The number of non-ortho nitro benzene ring substituents is 1. The molecule has 0 saturated carbocycles. The average Bonchev–Trinajstić information content (AvgIpc) is 2.99. The van der Waals surface area contributed by atoms with E-state index in [-0.39, 0.29) is 23.4 Å². The number of hydrogen-bond acceptors (Lipinski definition) is 7. The number of imide groups is 1. The Hall–Kier alpha value is -3.79. The minimum atomic E-state index is -0.995. The number of carbonyl (C=O) groups is 3. The van der Waals surface area contributed by atoms with Gasteiger partial charge in [0, 0.05) is 12.1 Å². The minimum absolute atomic E-state index is 0.101. The molecule has 1 aliphatic heterocycles. The van der Waals surface area contributed by atoms with Gasteiger partial charge in [-0.1, -0.05) is 18.2 Å². The highest BCUT2D eigenvalue weighted by molar-refractivity contribution is 6.22. The lowest BCUT2D eigenvalue weighted by Crippen LogP contribution is -2.48. The lowest BCUT2D eigenvalue weighted by Gasteiger charge is -2.16. The van der Waals surface area contributed by atoms with Crippen molar-refractivity contribution < 1.29 is 24.0 Å². The van der Waals surface area contributed by atoms with Crippen molar-refractivity contribution in [2.45, 2.75) is 12.5 Å². The smallest absolute Gasteiger partial charge is 0.271 e. The van der Waals surface area contributed by atoms with Gasteiger partial charge < -0.3 is 4.74 Å². The van der Waals surface area contributed by atoms with E-state index in [4.69, 9.17) is 4.74 Å². The molecule has 1 heterocycles. The summed E-state index contributed by atoms with van der Waals surface area (Å²) in [5, 5.41) is 10.9. The van der Waals surface area contributed by atoms with Gasteiger partial charge in [-0.2, -0.15) is 0 Å². The molecule has 28 heavy (non-hydrogen) atoms. The first-order chi connectivity index (χ1) is 13.4. The number of methoxy groups -OCH3 is 1. The van der Waals surface area contributed by atoms with Gasteiger partial charge >= 0.3 is 0 Å². The van der Waals surface area contributed by atoms with Crippen LogP contribution in [-0.4, -0.2) is 35.8 Å². The van der Waals surface area contributed by atoms with Gasteiger partial charge in [-0.25, -0.2) is 10.3 Å². The van der Waals surface area contributed by atoms with Gasteiger partial charge in [0.25, 0.3) is 17.5 Å². The Labute approximate surface area is 159 Å². The first kappa shape index (κ1) is 19.0. The van der Waals surface area contributed by atoms with Crippen LogP contribution in [-0.2, 0) is 9.59 Å². The zero-order chi connectivity index (χ0) is 20.3. The molecule has 2 aromatic carbocycles. The molecule has 2 aromatic rings. The van der Waals surface area contributed by atoms with Crippen LogP contribution in [0, 0.1) is 10.1 Å².